The van der Waals surface area contributed by atoms with Crippen molar-refractivity contribution in [3.63, 3.8) is 0 Å². The number of hydrogen-bond donors (Lipinski definition) is 2. The number of hydrogen-bond acceptors (Lipinski definition) is 5. The summed E-state index contributed by atoms with van der Waals surface area (Å²) < 4.78 is 10.7. The van der Waals surface area contributed by atoms with Gasteiger partial charge in [-0.25, -0.2) is 0 Å². The third kappa shape index (κ3) is 4.20. The molecular weight excluding hydrogens is 424 g/mol. The van der Waals surface area contributed by atoms with Crippen LogP contribution in [0.1, 0.15) is 27.0 Å². The maximum absolute atomic E-state index is 12.7. The van der Waals surface area contributed by atoms with E-state index in [4.69, 9.17) is 9.47 Å². The first-order valence-electron chi connectivity index (χ1n) is 10.1. The SMILES string of the molecule is Cc1cccc(C=C2Sc3ccc(C(=O)NCc4ccc5c(c4)OCO5)cc3NC2=O)c1. The van der Waals surface area contributed by atoms with Gasteiger partial charge in [0.25, 0.3) is 11.8 Å². The van der Waals surface area contributed by atoms with Crippen LogP contribution in [0.15, 0.2) is 70.5 Å². The van der Waals surface area contributed by atoms with E-state index in [0.29, 0.717) is 34.2 Å². The minimum absolute atomic E-state index is 0.179. The molecule has 7 heteroatoms. The van der Waals surface area contributed by atoms with E-state index in [1.807, 2.05) is 61.5 Å². The number of amides is 2. The average Bonchev–Trinajstić information content (AvgIpc) is 3.25. The van der Waals surface area contributed by atoms with E-state index < -0.39 is 0 Å². The lowest BCUT2D eigenvalue weighted by molar-refractivity contribution is -0.112. The first-order chi connectivity index (χ1) is 15.5. The fraction of sp³-hybridized carbons (Fsp3) is 0.120. The normalized spacial score (nSPS) is 15.3. The largest absolute Gasteiger partial charge is 0.454 e. The van der Waals surface area contributed by atoms with Gasteiger partial charge in [0.1, 0.15) is 0 Å². The van der Waals surface area contributed by atoms with Crippen molar-refractivity contribution >= 4 is 35.3 Å². The van der Waals surface area contributed by atoms with E-state index in [2.05, 4.69) is 10.6 Å². The van der Waals surface area contributed by atoms with E-state index in [-0.39, 0.29) is 18.6 Å². The van der Waals surface area contributed by atoms with Gasteiger partial charge >= 0.3 is 0 Å². The summed E-state index contributed by atoms with van der Waals surface area (Å²) in [6.07, 6.45) is 1.88. The Balaban J connectivity index is 1.28. The molecule has 2 aliphatic heterocycles. The van der Waals surface area contributed by atoms with E-state index in [1.54, 1.807) is 12.1 Å². The molecule has 0 fully saturated rings. The van der Waals surface area contributed by atoms with Crippen molar-refractivity contribution in [1.29, 1.82) is 0 Å². The standard InChI is InChI=1S/C25H20N2O4S/c1-15-3-2-4-16(9-15)11-23-25(29)27-19-12-18(6-8-22(19)32-23)24(28)26-13-17-5-7-20-21(10-17)31-14-30-20/h2-12H,13-14H2,1H3,(H,26,28)(H,27,29). The second-order valence-electron chi connectivity index (χ2n) is 7.56. The predicted molar refractivity (Wildman–Crippen MR) is 124 cm³/mol. The molecule has 0 spiro atoms. The van der Waals surface area contributed by atoms with Gasteiger partial charge in [0.05, 0.1) is 10.6 Å². The Morgan fingerprint density at radius 2 is 1.97 bits per heavy atom. The highest BCUT2D eigenvalue weighted by Crippen LogP contribution is 2.39. The molecule has 5 rings (SSSR count). The second-order valence-corrected chi connectivity index (χ2v) is 8.64. The van der Waals surface area contributed by atoms with Gasteiger partial charge in [0, 0.05) is 17.0 Å². The molecule has 2 aliphatic rings. The van der Waals surface area contributed by atoms with Crippen LogP contribution in [0.2, 0.25) is 0 Å². The van der Waals surface area contributed by atoms with Crippen LogP contribution >= 0.6 is 11.8 Å². The number of fused-ring (bicyclic) bond motifs is 2. The number of carbonyl (C=O) groups is 2. The van der Waals surface area contributed by atoms with Crippen LogP contribution in [-0.4, -0.2) is 18.6 Å². The number of thioether (sulfide) groups is 1. The van der Waals surface area contributed by atoms with Gasteiger partial charge in [-0.1, -0.05) is 47.7 Å². The fourth-order valence-electron chi connectivity index (χ4n) is 3.55. The zero-order valence-electron chi connectivity index (χ0n) is 17.3. The van der Waals surface area contributed by atoms with Crippen LogP contribution in [0.25, 0.3) is 6.08 Å². The van der Waals surface area contributed by atoms with E-state index in [9.17, 15) is 9.59 Å². The number of anilines is 1. The molecule has 0 atom stereocenters. The summed E-state index contributed by atoms with van der Waals surface area (Å²) in [5.41, 5.74) is 4.15. The van der Waals surface area contributed by atoms with Crippen molar-refractivity contribution in [2.24, 2.45) is 0 Å². The van der Waals surface area contributed by atoms with Gasteiger partial charge in [-0.05, 0) is 54.5 Å². The first kappa shape index (κ1) is 20.2. The third-order valence-corrected chi connectivity index (χ3v) is 6.26. The van der Waals surface area contributed by atoms with Gasteiger partial charge in [0.2, 0.25) is 6.79 Å². The smallest absolute Gasteiger partial charge is 0.262 e. The summed E-state index contributed by atoms with van der Waals surface area (Å²) in [6.45, 7) is 2.59. The predicted octanol–water partition coefficient (Wildman–Crippen LogP) is 4.74. The summed E-state index contributed by atoms with van der Waals surface area (Å²) in [5, 5.41) is 5.81. The van der Waals surface area contributed by atoms with Crippen molar-refractivity contribution in [3.05, 3.63) is 87.8 Å². The second kappa shape index (κ2) is 8.43. The highest BCUT2D eigenvalue weighted by atomic mass is 32.2. The molecule has 0 aliphatic carbocycles. The molecule has 32 heavy (non-hydrogen) atoms. The summed E-state index contributed by atoms with van der Waals surface area (Å²) >= 11 is 1.40. The Kier molecular flexibility index (Phi) is 5.33. The first-order valence-corrected chi connectivity index (χ1v) is 11.0. The molecule has 3 aromatic rings. The Hall–Kier alpha value is -3.71. The number of aryl methyl sites for hydroxylation is 1. The number of benzene rings is 3. The van der Waals surface area contributed by atoms with Crippen LogP contribution in [-0.2, 0) is 11.3 Å². The molecular formula is C25H20N2O4S. The molecule has 2 heterocycles. The van der Waals surface area contributed by atoms with E-state index >= 15 is 0 Å². The topological polar surface area (TPSA) is 76.7 Å². The summed E-state index contributed by atoms with van der Waals surface area (Å²) in [6, 6.07) is 18.9. The molecule has 0 aromatic heterocycles. The zero-order valence-corrected chi connectivity index (χ0v) is 18.1. The van der Waals surface area contributed by atoms with Gasteiger partial charge in [-0.2, -0.15) is 0 Å². The summed E-state index contributed by atoms with van der Waals surface area (Å²) in [7, 11) is 0. The maximum atomic E-state index is 12.7. The third-order valence-electron chi connectivity index (χ3n) is 5.16. The Morgan fingerprint density at radius 3 is 2.84 bits per heavy atom. The molecule has 2 amide bonds. The summed E-state index contributed by atoms with van der Waals surface area (Å²) in [4.78, 5) is 26.8. The molecule has 160 valence electrons. The Bertz CT molecular complexity index is 1270. The van der Waals surface area contributed by atoms with Crippen LogP contribution in [0.5, 0.6) is 11.5 Å². The Labute approximate surface area is 189 Å². The Morgan fingerprint density at radius 1 is 1.09 bits per heavy atom. The van der Waals surface area contributed by atoms with Crippen molar-refractivity contribution in [2.45, 2.75) is 18.4 Å². The zero-order chi connectivity index (χ0) is 22.1. The van der Waals surface area contributed by atoms with Crippen LogP contribution in [0.3, 0.4) is 0 Å². The lowest BCUT2D eigenvalue weighted by Crippen LogP contribution is -2.23. The molecule has 3 aromatic carbocycles. The number of nitrogens with one attached hydrogen (secondary N) is 2. The lowest BCUT2D eigenvalue weighted by Gasteiger charge is -2.19. The number of rotatable bonds is 4. The highest BCUT2D eigenvalue weighted by molar-refractivity contribution is 8.04. The molecule has 2 N–H and O–H groups in total. The van der Waals surface area contributed by atoms with Gasteiger partial charge in [0.15, 0.2) is 11.5 Å². The maximum Gasteiger partial charge on any atom is 0.262 e. The van der Waals surface area contributed by atoms with Gasteiger partial charge < -0.3 is 20.1 Å². The van der Waals surface area contributed by atoms with Gasteiger partial charge in [-0.15, -0.1) is 0 Å². The lowest BCUT2D eigenvalue weighted by atomic mass is 10.1. The fourth-order valence-corrected chi connectivity index (χ4v) is 4.48. The minimum atomic E-state index is -0.217. The monoisotopic (exact) mass is 444 g/mol. The van der Waals surface area contributed by atoms with Crippen molar-refractivity contribution < 1.29 is 19.1 Å². The number of carbonyl (C=O) groups excluding carboxylic acids is 2. The highest BCUT2D eigenvalue weighted by Gasteiger charge is 2.22. The molecule has 0 saturated heterocycles. The van der Waals surface area contributed by atoms with Crippen molar-refractivity contribution in [1.82, 2.24) is 5.32 Å². The summed E-state index contributed by atoms with van der Waals surface area (Å²) in [5.74, 6) is 0.992. The van der Waals surface area contributed by atoms with Crippen LogP contribution in [0, 0.1) is 6.92 Å². The molecule has 6 nitrogen and oxygen atoms in total. The van der Waals surface area contributed by atoms with E-state index in [0.717, 1.165) is 21.6 Å². The molecule has 0 unspecified atom stereocenters. The number of ether oxygens (including phenoxy) is 2. The van der Waals surface area contributed by atoms with Crippen molar-refractivity contribution in [3.8, 4) is 11.5 Å². The van der Waals surface area contributed by atoms with Crippen molar-refractivity contribution in [2.75, 3.05) is 12.1 Å². The van der Waals surface area contributed by atoms with E-state index in [1.165, 1.54) is 11.8 Å². The average molecular weight is 445 g/mol. The van der Waals surface area contributed by atoms with Gasteiger partial charge in [-0.3, -0.25) is 9.59 Å². The van der Waals surface area contributed by atoms with Crippen LogP contribution in [0.4, 0.5) is 5.69 Å². The van der Waals surface area contributed by atoms with Crippen LogP contribution < -0.4 is 20.1 Å². The molecule has 0 radical (unpaired) electrons. The quantitative estimate of drug-likeness (QED) is 0.569. The molecule has 0 bridgehead atoms. The molecule has 0 saturated carbocycles. The minimum Gasteiger partial charge on any atom is -0.454 e.